The number of amides is 1. The van der Waals surface area contributed by atoms with E-state index in [0.717, 1.165) is 5.56 Å². The van der Waals surface area contributed by atoms with Crippen LogP contribution in [0.1, 0.15) is 16.1 Å². The third kappa shape index (κ3) is 3.86. The molecule has 26 heavy (non-hydrogen) atoms. The maximum absolute atomic E-state index is 12.2. The van der Waals surface area contributed by atoms with Crippen LogP contribution in [0, 0.1) is 0 Å². The van der Waals surface area contributed by atoms with Gasteiger partial charge in [-0.25, -0.2) is 5.43 Å². The van der Waals surface area contributed by atoms with Crippen molar-refractivity contribution in [1.82, 2.24) is 20.6 Å². The number of carbonyl (C=O) groups is 1. The molecule has 132 valence electrons. The van der Waals surface area contributed by atoms with Gasteiger partial charge in [-0.05, 0) is 42.0 Å². The Morgan fingerprint density at radius 2 is 1.96 bits per heavy atom. The predicted molar refractivity (Wildman–Crippen MR) is 96.4 cm³/mol. The first-order chi connectivity index (χ1) is 12.7. The average molecular weight is 351 g/mol. The Hall–Kier alpha value is -3.68. The maximum Gasteiger partial charge on any atom is 0.289 e. The lowest BCUT2D eigenvalue weighted by Gasteiger charge is -2.08. The number of hydrogen-bond donors (Lipinski definition) is 2. The maximum atomic E-state index is 12.2. The molecule has 1 amide bonds. The summed E-state index contributed by atoms with van der Waals surface area (Å²) >= 11 is 0. The van der Waals surface area contributed by atoms with Crippen molar-refractivity contribution in [2.45, 2.75) is 0 Å². The van der Waals surface area contributed by atoms with E-state index >= 15 is 0 Å². The van der Waals surface area contributed by atoms with E-state index in [1.807, 2.05) is 0 Å². The van der Waals surface area contributed by atoms with E-state index in [2.05, 4.69) is 25.7 Å². The second-order valence-corrected chi connectivity index (χ2v) is 5.21. The SMILES string of the molecule is COc1ccc(OC)c(-c2cc(C(=O)N/N=C\c3ccncc3)[nH]n2)c1. The molecule has 0 bridgehead atoms. The second-order valence-electron chi connectivity index (χ2n) is 5.21. The summed E-state index contributed by atoms with van der Waals surface area (Å²) in [7, 11) is 3.15. The molecule has 2 heterocycles. The van der Waals surface area contributed by atoms with Gasteiger partial charge in [-0.2, -0.15) is 10.2 Å². The van der Waals surface area contributed by atoms with Crippen LogP contribution in [0.15, 0.2) is 53.9 Å². The molecule has 2 aromatic heterocycles. The highest BCUT2D eigenvalue weighted by Gasteiger charge is 2.14. The molecule has 8 nitrogen and oxygen atoms in total. The van der Waals surface area contributed by atoms with Crippen molar-refractivity contribution in [3.8, 4) is 22.8 Å². The number of ether oxygens (including phenoxy) is 2. The lowest BCUT2D eigenvalue weighted by molar-refractivity contribution is 0.0950. The number of benzene rings is 1. The van der Waals surface area contributed by atoms with Crippen LogP contribution in [0.2, 0.25) is 0 Å². The molecule has 0 saturated heterocycles. The van der Waals surface area contributed by atoms with Crippen LogP contribution in [0.25, 0.3) is 11.3 Å². The van der Waals surface area contributed by atoms with Crippen LogP contribution >= 0.6 is 0 Å². The van der Waals surface area contributed by atoms with Crippen molar-refractivity contribution in [1.29, 1.82) is 0 Å². The standard InChI is InChI=1S/C18H17N5O3/c1-25-13-3-4-17(26-2)14(9-13)15-10-16(22-21-15)18(24)23-20-11-12-5-7-19-8-6-12/h3-11H,1-2H3,(H,21,22)(H,23,24)/b20-11-. The van der Waals surface area contributed by atoms with Crippen molar-refractivity contribution < 1.29 is 14.3 Å². The van der Waals surface area contributed by atoms with Crippen LogP contribution in [-0.2, 0) is 0 Å². The fourth-order valence-electron chi connectivity index (χ4n) is 2.27. The van der Waals surface area contributed by atoms with E-state index in [1.54, 1.807) is 63.0 Å². The van der Waals surface area contributed by atoms with E-state index < -0.39 is 5.91 Å². The molecular formula is C18H17N5O3. The number of rotatable bonds is 6. The highest BCUT2D eigenvalue weighted by atomic mass is 16.5. The summed E-state index contributed by atoms with van der Waals surface area (Å²) in [5, 5.41) is 10.8. The molecule has 0 aliphatic heterocycles. The van der Waals surface area contributed by atoms with E-state index in [4.69, 9.17) is 9.47 Å². The summed E-state index contributed by atoms with van der Waals surface area (Å²) in [5.74, 6) is 0.882. The van der Waals surface area contributed by atoms with Crippen molar-refractivity contribution >= 4 is 12.1 Å². The Morgan fingerprint density at radius 1 is 1.15 bits per heavy atom. The number of hydrazone groups is 1. The monoisotopic (exact) mass is 351 g/mol. The summed E-state index contributed by atoms with van der Waals surface area (Å²) in [4.78, 5) is 16.1. The predicted octanol–water partition coefficient (Wildman–Crippen LogP) is 2.25. The quantitative estimate of drug-likeness (QED) is 0.524. The first-order valence-corrected chi connectivity index (χ1v) is 7.72. The molecule has 0 spiro atoms. The third-order valence-corrected chi connectivity index (χ3v) is 3.59. The minimum Gasteiger partial charge on any atom is -0.497 e. The van der Waals surface area contributed by atoms with Crippen LogP contribution < -0.4 is 14.9 Å². The minimum atomic E-state index is -0.407. The smallest absolute Gasteiger partial charge is 0.289 e. The van der Waals surface area contributed by atoms with Gasteiger partial charge in [-0.3, -0.25) is 14.9 Å². The molecule has 8 heteroatoms. The Bertz CT molecular complexity index is 922. The summed E-state index contributed by atoms with van der Waals surface area (Å²) in [6.07, 6.45) is 4.82. The van der Waals surface area contributed by atoms with Crippen molar-refractivity contribution in [2.24, 2.45) is 5.10 Å². The molecule has 1 aromatic carbocycles. The number of hydrogen-bond acceptors (Lipinski definition) is 6. The molecule has 0 aliphatic carbocycles. The lowest BCUT2D eigenvalue weighted by Crippen LogP contribution is -2.17. The Morgan fingerprint density at radius 3 is 2.69 bits per heavy atom. The fourth-order valence-corrected chi connectivity index (χ4v) is 2.27. The summed E-state index contributed by atoms with van der Waals surface area (Å²) < 4.78 is 10.6. The largest absolute Gasteiger partial charge is 0.497 e. The number of H-pyrrole nitrogens is 1. The number of methoxy groups -OCH3 is 2. The van der Waals surface area contributed by atoms with Gasteiger partial charge in [0.05, 0.1) is 26.1 Å². The normalized spacial score (nSPS) is 10.7. The van der Waals surface area contributed by atoms with Gasteiger partial charge < -0.3 is 9.47 Å². The number of carbonyl (C=O) groups excluding carboxylic acids is 1. The molecule has 0 aliphatic rings. The minimum absolute atomic E-state index is 0.275. The number of nitrogens with zero attached hydrogens (tertiary/aromatic N) is 3. The zero-order valence-corrected chi connectivity index (χ0v) is 14.3. The Balaban J connectivity index is 1.75. The fraction of sp³-hybridized carbons (Fsp3) is 0.111. The number of aromatic nitrogens is 3. The third-order valence-electron chi connectivity index (χ3n) is 3.59. The summed E-state index contributed by atoms with van der Waals surface area (Å²) in [6.45, 7) is 0. The van der Waals surface area contributed by atoms with Crippen LogP contribution in [0.3, 0.4) is 0 Å². The first-order valence-electron chi connectivity index (χ1n) is 7.72. The Labute approximate surface area is 149 Å². The molecule has 3 rings (SSSR count). The zero-order chi connectivity index (χ0) is 18.4. The van der Waals surface area contributed by atoms with Gasteiger partial charge in [0.1, 0.15) is 17.2 Å². The van der Waals surface area contributed by atoms with E-state index in [9.17, 15) is 4.79 Å². The van der Waals surface area contributed by atoms with Gasteiger partial charge >= 0.3 is 0 Å². The second kappa shape index (κ2) is 7.93. The van der Waals surface area contributed by atoms with Crippen LogP contribution in [0.5, 0.6) is 11.5 Å². The van der Waals surface area contributed by atoms with E-state index in [0.29, 0.717) is 22.8 Å². The van der Waals surface area contributed by atoms with Gasteiger partial charge in [0, 0.05) is 18.0 Å². The van der Waals surface area contributed by atoms with Gasteiger partial charge in [0.25, 0.3) is 5.91 Å². The summed E-state index contributed by atoms with van der Waals surface area (Å²) in [5.41, 5.74) is 4.82. The zero-order valence-electron chi connectivity index (χ0n) is 14.3. The van der Waals surface area contributed by atoms with Gasteiger partial charge in [-0.1, -0.05) is 0 Å². The average Bonchev–Trinajstić information content (AvgIpc) is 3.18. The number of pyridine rings is 1. The molecule has 2 N–H and O–H groups in total. The van der Waals surface area contributed by atoms with Crippen molar-refractivity contribution in [2.75, 3.05) is 14.2 Å². The van der Waals surface area contributed by atoms with Gasteiger partial charge in [0.15, 0.2) is 0 Å². The molecule has 0 radical (unpaired) electrons. The molecule has 3 aromatic rings. The molecule has 0 saturated carbocycles. The molecule has 0 fully saturated rings. The highest BCUT2D eigenvalue weighted by molar-refractivity contribution is 5.94. The Kier molecular flexibility index (Phi) is 5.23. The number of nitrogens with one attached hydrogen (secondary N) is 2. The molecule has 0 unspecified atom stereocenters. The van der Waals surface area contributed by atoms with Crippen LogP contribution in [-0.4, -0.2) is 41.5 Å². The van der Waals surface area contributed by atoms with Crippen LogP contribution in [0.4, 0.5) is 0 Å². The van der Waals surface area contributed by atoms with Gasteiger partial charge in [0.2, 0.25) is 0 Å². The first kappa shape index (κ1) is 17.2. The molecule has 0 atom stereocenters. The van der Waals surface area contributed by atoms with E-state index in [1.165, 1.54) is 6.21 Å². The van der Waals surface area contributed by atoms with Crippen molar-refractivity contribution in [3.05, 3.63) is 60.0 Å². The number of aromatic amines is 1. The van der Waals surface area contributed by atoms with E-state index in [-0.39, 0.29) is 5.69 Å². The lowest BCUT2D eigenvalue weighted by atomic mass is 10.1. The highest BCUT2D eigenvalue weighted by Crippen LogP contribution is 2.32. The topological polar surface area (TPSA) is 101 Å². The van der Waals surface area contributed by atoms with Crippen molar-refractivity contribution in [3.63, 3.8) is 0 Å². The summed E-state index contributed by atoms with van der Waals surface area (Å²) in [6, 6.07) is 10.5. The molecular weight excluding hydrogens is 334 g/mol. The van der Waals surface area contributed by atoms with Gasteiger partial charge in [-0.15, -0.1) is 0 Å².